The van der Waals surface area contributed by atoms with Crippen molar-refractivity contribution in [2.75, 3.05) is 18.0 Å². The molecule has 0 aliphatic heterocycles. The maximum atomic E-state index is 13.3. The van der Waals surface area contributed by atoms with E-state index in [9.17, 15) is 26.4 Å². The Morgan fingerprint density at radius 1 is 1.00 bits per heavy atom. The van der Waals surface area contributed by atoms with Gasteiger partial charge in [-0.1, -0.05) is 48.5 Å². The Hall–Kier alpha value is -3.86. The monoisotopic (exact) mass is 491 g/mol. The number of para-hydroxylation sites is 2. The summed E-state index contributed by atoms with van der Waals surface area (Å²) in [5, 5.41) is 3.58. The van der Waals surface area contributed by atoms with E-state index in [0.717, 1.165) is 16.6 Å². The summed E-state index contributed by atoms with van der Waals surface area (Å²) in [5.74, 6) is -0.663. The van der Waals surface area contributed by atoms with Crippen molar-refractivity contribution in [1.82, 2.24) is 5.43 Å². The molecule has 0 heterocycles. The van der Waals surface area contributed by atoms with Crippen LogP contribution < -0.4 is 14.5 Å². The van der Waals surface area contributed by atoms with Crippen LogP contribution in [0.4, 0.5) is 18.9 Å². The number of carbonyl (C=O) groups is 1. The minimum Gasteiger partial charge on any atom is -0.495 e. The lowest BCUT2D eigenvalue weighted by Crippen LogP contribution is -2.39. The molecule has 0 unspecified atom stereocenters. The molecule has 178 valence electrons. The smallest absolute Gasteiger partial charge is 0.417 e. The summed E-state index contributed by atoms with van der Waals surface area (Å²) < 4.78 is 72.1. The van der Waals surface area contributed by atoms with Crippen LogP contribution in [0.15, 0.2) is 88.9 Å². The summed E-state index contributed by atoms with van der Waals surface area (Å²) in [6, 6.07) is 18.4. The van der Waals surface area contributed by atoms with Crippen molar-refractivity contribution in [2.24, 2.45) is 5.10 Å². The van der Waals surface area contributed by atoms with Gasteiger partial charge in [-0.25, -0.2) is 13.8 Å². The molecule has 1 N–H and O–H groups in total. The molecular formula is C23H20F3N3O4S. The third-order valence-corrected chi connectivity index (χ3v) is 6.41. The molecule has 0 saturated carbocycles. The Morgan fingerprint density at radius 2 is 1.62 bits per heavy atom. The maximum Gasteiger partial charge on any atom is 0.417 e. The average molecular weight is 491 g/mol. The standard InChI is InChI=1S/C23H20F3N3O4S/c1-33-21-14-8-7-13-20(21)29(34(31,32)18-10-3-2-4-11-18)16-22(30)28-27-15-17-9-5-6-12-19(17)23(24,25)26/h2-15H,16H2,1H3,(H,28,30)/b27-15-. The van der Waals surface area contributed by atoms with Gasteiger partial charge >= 0.3 is 6.18 Å². The highest BCUT2D eigenvalue weighted by Gasteiger charge is 2.32. The lowest BCUT2D eigenvalue weighted by atomic mass is 10.1. The first-order valence-corrected chi connectivity index (χ1v) is 11.3. The van der Waals surface area contributed by atoms with E-state index in [-0.39, 0.29) is 21.9 Å². The zero-order valence-electron chi connectivity index (χ0n) is 17.9. The van der Waals surface area contributed by atoms with Gasteiger partial charge in [-0.3, -0.25) is 9.10 Å². The van der Waals surface area contributed by atoms with Crippen molar-refractivity contribution in [2.45, 2.75) is 11.1 Å². The molecule has 3 aromatic carbocycles. The van der Waals surface area contributed by atoms with Crippen molar-refractivity contribution >= 4 is 27.8 Å². The number of nitrogens with zero attached hydrogens (tertiary/aromatic N) is 2. The Labute approximate surface area is 194 Å². The number of rotatable bonds is 8. The SMILES string of the molecule is COc1ccccc1N(CC(=O)N/N=C\c1ccccc1C(F)(F)F)S(=O)(=O)c1ccccc1. The van der Waals surface area contributed by atoms with Gasteiger partial charge in [0.2, 0.25) is 0 Å². The predicted molar refractivity (Wildman–Crippen MR) is 121 cm³/mol. The minimum atomic E-state index is -4.60. The van der Waals surface area contributed by atoms with E-state index in [1.54, 1.807) is 18.2 Å². The van der Waals surface area contributed by atoms with Gasteiger partial charge in [-0.2, -0.15) is 18.3 Å². The highest BCUT2D eigenvalue weighted by atomic mass is 32.2. The number of nitrogens with one attached hydrogen (secondary N) is 1. The second-order valence-corrected chi connectivity index (χ2v) is 8.74. The molecule has 0 bridgehead atoms. The molecule has 3 rings (SSSR count). The lowest BCUT2D eigenvalue weighted by molar-refractivity contribution is -0.137. The van der Waals surface area contributed by atoms with Crippen LogP contribution in [0, 0.1) is 0 Å². The van der Waals surface area contributed by atoms with Gasteiger partial charge in [0, 0.05) is 5.56 Å². The maximum absolute atomic E-state index is 13.3. The highest BCUT2D eigenvalue weighted by Crippen LogP contribution is 2.32. The van der Waals surface area contributed by atoms with E-state index < -0.39 is 34.2 Å². The van der Waals surface area contributed by atoms with Crippen molar-refractivity contribution in [3.63, 3.8) is 0 Å². The number of carbonyl (C=O) groups excluding carboxylic acids is 1. The molecule has 11 heteroatoms. The average Bonchev–Trinajstić information content (AvgIpc) is 2.82. The lowest BCUT2D eigenvalue weighted by Gasteiger charge is -2.25. The Kier molecular flexibility index (Phi) is 7.57. The number of methoxy groups -OCH3 is 1. The summed E-state index contributed by atoms with van der Waals surface area (Å²) in [4.78, 5) is 12.5. The predicted octanol–water partition coefficient (Wildman–Crippen LogP) is 4.06. The van der Waals surface area contributed by atoms with Crippen LogP contribution in [0.3, 0.4) is 0 Å². The molecule has 0 atom stereocenters. The van der Waals surface area contributed by atoms with Crippen LogP contribution in [0.1, 0.15) is 11.1 Å². The molecule has 0 aliphatic carbocycles. The first-order valence-electron chi connectivity index (χ1n) is 9.83. The Balaban J connectivity index is 1.88. The van der Waals surface area contributed by atoms with E-state index in [1.807, 2.05) is 0 Å². The minimum absolute atomic E-state index is 0.0590. The number of ether oxygens (including phenoxy) is 1. The summed E-state index contributed by atoms with van der Waals surface area (Å²) >= 11 is 0. The molecule has 1 amide bonds. The van der Waals surface area contributed by atoms with Crippen molar-refractivity contribution in [3.05, 3.63) is 90.0 Å². The highest BCUT2D eigenvalue weighted by molar-refractivity contribution is 7.92. The molecule has 0 aliphatic rings. The molecule has 0 fully saturated rings. The van der Waals surface area contributed by atoms with E-state index in [1.165, 1.54) is 61.7 Å². The van der Waals surface area contributed by atoms with Gasteiger partial charge in [-0.05, 0) is 30.3 Å². The van der Waals surface area contributed by atoms with E-state index in [0.29, 0.717) is 0 Å². The van der Waals surface area contributed by atoms with Crippen LogP contribution in [-0.4, -0.2) is 34.2 Å². The molecule has 0 spiro atoms. The van der Waals surface area contributed by atoms with E-state index in [4.69, 9.17) is 4.74 Å². The summed E-state index contributed by atoms with van der Waals surface area (Å²) in [6.45, 7) is -0.699. The molecule has 3 aromatic rings. The van der Waals surface area contributed by atoms with Crippen molar-refractivity contribution in [1.29, 1.82) is 0 Å². The summed E-state index contributed by atoms with van der Waals surface area (Å²) in [7, 11) is -2.84. The zero-order valence-corrected chi connectivity index (χ0v) is 18.7. The van der Waals surface area contributed by atoms with E-state index >= 15 is 0 Å². The van der Waals surface area contributed by atoms with Crippen LogP contribution in [0.5, 0.6) is 5.75 Å². The third-order valence-electron chi connectivity index (χ3n) is 4.63. The van der Waals surface area contributed by atoms with Gasteiger partial charge < -0.3 is 4.74 Å². The van der Waals surface area contributed by atoms with Crippen molar-refractivity contribution in [3.8, 4) is 5.75 Å². The number of alkyl halides is 3. The fourth-order valence-electron chi connectivity index (χ4n) is 3.06. The Morgan fingerprint density at radius 3 is 2.29 bits per heavy atom. The van der Waals surface area contributed by atoms with Crippen molar-refractivity contribution < 1.29 is 31.1 Å². The molecule has 0 saturated heterocycles. The van der Waals surface area contributed by atoms with E-state index in [2.05, 4.69) is 10.5 Å². The summed E-state index contributed by atoms with van der Waals surface area (Å²) in [5.41, 5.74) is 1.02. The number of halogens is 3. The molecule has 34 heavy (non-hydrogen) atoms. The number of benzene rings is 3. The largest absolute Gasteiger partial charge is 0.495 e. The third kappa shape index (κ3) is 5.73. The van der Waals surface area contributed by atoms with Gasteiger partial charge in [0.15, 0.2) is 0 Å². The van der Waals surface area contributed by atoms with Gasteiger partial charge in [0.1, 0.15) is 12.3 Å². The van der Waals surface area contributed by atoms with Crippen LogP contribution >= 0.6 is 0 Å². The molecule has 0 radical (unpaired) electrons. The number of hydrazone groups is 1. The van der Waals surface area contributed by atoms with Crippen LogP contribution in [-0.2, 0) is 21.0 Å². The second kappa shape index (κ2) is 10.4. The molecule has 0 aromatic heterocycles. The number of sulfonamides is 1. The molecular weight excluding hydrogens is 471 g/mol. The molecule has 7 nitrogen and oxygen atoms in total. The van der Waals surface area contributed by atoms with Gasteiger partial charge in [-0.15, -0.1) is 0 Å². The van der Waals surface area contributed by atoms with Crippen LogP contribution in [0.25, 0.3) is 0 Å². The topological polar surface area (TPSA) is 88.1 Å². The zero-order chi connectivity index (χ0) is 24.8. The normalized spacial score (nSPS) is 11.9. The Bertz CT molecular complexity index is 1280. The second-order valence-electron chi connectivity index (χ2n) is 6.87. The number of hydrogen-bond acceptors (Lipinski definition) is 5. The number of anilines is 1. The first-order chi connectivity index (χ1) is 16.1. The quantitative estimate of drug-likeness (QED) is 0.380. The van der Waals surface area contributed by atoms with Gasteiger partial charge in [0.25, 0.3) is 15.9 Å². The fourth-order valence-corrected chi connectivity index (χ4v) is 4.52. The number of amides is 1. The first kappa shape index (κ1) is 24.8. The van der Waals surface area contributed by atoms with Crippen LogP contribution in [0.2, 0.25) is 0 Å². The fraction of sp³-hybridized carbons (Fsp3) is 0.130. The summed E-state index contributed by atoms with van der Waals surface area (Å²) in [6.07, 6.45) is -3.75. The van der Waals surface area contributed by atoms with Gasteiger partial charge in [0.05, 0.1) is 29.5 Å². The number of hydrogen-bond donors (Lipinski definition) is 1.